The van der Waals surface area contributed by atoms with Crippen molar-refractivity contribution < 1.29 is 4.21 Å². The first-order valence-electron chi connectivity index (χ1n) is 1.19. The molecule has 0 aliphatic rings. The van der Waals surface area contributed by atoms with Gasteiger partial charge in [-0.2, -0.15) is 4.91 Å². The maximum absolute atomic E-state index is 9.56. The molecule has 0 atom stereocenters. The summed E-state index contributed by atoms with van der Waals surface area (Å²) >= 11 is 0. The molecule has 0 aromatic carbocycles. The van der Waals surface area contributed by atoms with Crippen LogP contribution in [0.3, 0.4) is 0 Å². The summed E-state index contributed by atoms with van der Waals surface area (Å²) in [7, 11) is -0.611. The van der Waals surface area contributed by atoms with Crippen molar-refractivity contribution in [2.24, 2.45) is 0 Å². The SMILES string of the molecule is CS(C)=O.N=O. The highest BCUT2D eigenvalue weighted by Gasteiger charge is 1.57. The molecule has 0 aliphatic carbocycles. The van der Waals surface area contributed by atoms with Gasteiger partial charge in [0.2, 0.25) is 0 Å². The van der Waals surface area contributed by atoms with E-state index in [4.69, 9.17) is 4.91 Å². The smallest absolute Gasteiger partial charge is 0.0148 e. The second kappa shape index (κ2) is 8.83. The summed E-state index contributed by atoms with van der Waals surface area (Å²) in [6, 6.07) is 0. The fourth-order valence-electron chi connectivity index (χ4n) is 0. The maximum Gasteiger partial charge on any atom is 0.0148 e. The van der Waals surface area contributed by atoms with Crippen LogP contribution in [0.5, 0.6) is 0 Å². The molecule has 0 rings (SSSR count). The molecule has 0 spiro atoms. The maximum atomic E-state index is 9.56. The summed E-state index contributed by atoms with van der Waals surface area (Å²) in [6.45, 7) is 0. The molecule has 0 fully saturated rings. The average molecular weight is 109 g/mol. The zero-order chi connectivity index (χ0) is 5.58. The van der Waals surface area contributed by atoms with E-state index in [2.05, 4.69) is 5.59 Å². The predicted octanol–water partition coefficient (Wildman–Crippen LogP) is 0.326. The van der Waals surface area contributed by atoms with Crippen molar-refractivity contribution in [2.75, 3.05) is 12.5 Å². The van der Waals surface area contributed by atoms with Gasteiger partial charge in [0.15, 0.2) is 0 Å². The van der Waals surface area contributed by atoms with E-state index in [1.165, 1.54) is 0 Å². The van der Waals surface area contributed by atoms with Crippen LogP contribution >= 0.6 is 0 Å². The van der Waals surface area contributed by atoms with E-state index < -0.39 is 10.8 Å². The van der Waals surface area contributed by atoms with Crippen LogP contribution < -0.4 is 0 Å². The molecule has 0 saturated carbocycles. The Morgan fingerprint density at radius 2 is 1.33 bits per heavy atom. The minimum Gasteiger partial charge on any atom is -0.260 e. The van der Waals surface area contributed by atoms with E-state index in [-0.39, 0.29) is 0 Å². The molecule has 0 radical (unpaired) electrons. The van der Waals surface area contributed by atoms with E-state index in [0.717, 1.165) is 0 Å². The molecule has 0 unspecified atom stereocenters. The van der Waals surface area contributed by atoms with Crippen LogP contribution in [-0.4, -0.2) is 16.7 Å². The van der Waals surface area contributed by atoms with Gasteiger partial charge in [-0.3, -0.25) is 4.21 Å². The van der Waals surface area contributed by atoms with Gasteiger partial charge in [-0.25, -0.2) is 0 Å². The number of nitroso groups, excluding NO2 is 1. The van der Waals surface area contributed by atoms with Crippen LogP contribution in [-0.2, 0) is 10.8 Å². The third-order valence-corrected chi connectivity index (χ3v) is 0. The van der Waals surface area contributed by atoms with Crippen molar-refractivity contribution in [2.45, 2.75) is 0 Å². The molecule has 0 bridgehead atoms. The van der Waals surface area contributed by atoms with Gasteiger partial charge in [0.1, 0.15) is 0 Å². The van der Waals surface area contributed by atoms with Crippen molar-refractivity contribution in [1.29, 1.82) is 5.59 Å². The van der Waals surface area contributed by atoms with E-state index in [9.17, 15) is 4.21 Å². The zero-order valence-corrected chi connectivity index (χ0v) is 4.54. The number of nitrogens with one attached hydrogen (secondary N) is 1. The summed E-state index contributed by atoms with van der Waals surface area (Å²) < 4.78 is 9.56. The summed E-state index contributed by atoms with van der Waals surface area (Å²) in [5.41, 5.74) is 4.50. The minimum atomic E-state index is -0.611. The van der Waals surface area contributed by atoms with E-state index >= 15 is 0 Å². The molecule has 1 N–H and O–H groups in total. The van der Waals surface area contributed by atoms with Crippen molar-refractivity contribution in [3.63, 3.8) is 0 Å². The first-order valence-corrected chi connectivity index (χ1v) is 3.15. The number of rotatable bonds is 0. The monoisotopic (exact) mass is 109 g/mol. The Morgan fingerprint density at radius 1 is 1.33 bits per heavy atom. The van der Waals surface area contributed by atoms with Gasteiger partial charge >= 0.3 is 0 Å². The second-order valence-electron chi connectivity index (χ2n) is 0.742. The average Bonchev–Trinajstić information content (AvgIpc) is 1.41. The molecule has 3 nitrogen and oxygen atoms in total. The van der Waals surface area contributed by atoms with Crippen LogP contribution in [0.4, 0.5) is 0 Å². The van der Waals surface area contributed by atoms with Crippen LogP contribution in [0.1, 0.15) is 0 Å². The first kappa shape index (κ1) is 9.23. The Hall–Kier alpha value is -0.250. The number of hydrogen-bond donors (Lipinski definition) is 1. The third kappa shape index (κ3) is 454. The van der Waals surface area contributed by atoms with Crippen LogP contribution in [0.25, 0.3) is 0 Å². The summed E-state index contributed by atoms with van der Waals surface area (Å²) in [4.78, 5) is 7.50. The summed E-state index contributed by atoms with van der Waals surface area (Å²) in [6.07, 6.45) is 3.28. The lowest BCUT2D eigenvalue weighted by Crippen LogP contribution is -1.70. The van der Waals surface area contributed by atoms with Gasteiger partial charge in [-0.1, -0.05) is 5.59 Å². The normalized spacial score (nSPS) is 6.50. The summed E-state index contributed by atoms with van der Waals surface area (Å²) in [5.74, 6) is 0. The van der Waals surface area contributed by atoms with E-state index in [1.807, 2.05) is 0 Å². The highest BCUT2D eigenvalue weighted by Crippen LogP contribution is 1.47. The minimum absolute atomic E-state index is 0.611. The molecular formula is C2H7NO2S. The second-order valence-corrected chi connectivity index (χ2v) is 2.22. The fraction of sp³-hybridized carbons (Fsp3) is 1.00. The largest absolute Gasteiger partial charge is 0.260 e. The Balaban J connectivity index is 0. The van der Waals surface area contributed by atoms with Gasteiger partial charge < -0.3 is 0 Å². The standard InChI is InChI=1S/C2H6OS.HNO/c1-4(2)3;1-2/h1-2H3;1H. The Kier molecular flexibility index (Phi) is 13.6. The Labute approximate surface area is 39.0 Å². The van der Waals surface area contributed by atoms with Gasteiger partial charge in [0, 0.05) is 23.3 Å². The Morgan fingerprint density at radius 3 is 1.33 bits per heavy atom. The van der Waals surface area contributed by atoms with Crippen molar-refractivity contribution in [3.8, 4) is 0 Å². The van der Waals surface area contributed by atoms with Crippen molar-refractivity contribution in [1.82, 2.24) is 0 Å². The molecule has 0 aromatic rings. The third-order valence-electron chi connectivity index (χ3n) is 0. The molecule has 0 amide bonds. The fourth-order valence-corrected chi connectivity index (χ4v) is 0. The molecule has 0 aliphatic heterocycles. The highest BCUT2D eigenvalue weighted by atomic mass is 32.2. The van der Waals surface area contributed by atoms with E-state index in [1.54, 1.807) is 12.5 Å². The van der Waals surface area contributed by atoms with Crippen LogP contribution in [0.2, 0.25) is 0 Å². The molecule has 0 aromatic heterocycles. The molecular weight excluding hydrogens is 102 g/mol. The molecule has 0 saturated heterocycles. The summed E-state index contributed by atoms with van der Waals surface area (Å²) in [5, 5.41) is 0. The quantitative estimate of drug-likeness (QED) is 0.455. The van der Waals surface area contributed by atoms with Gasteiger partial charge in [0.05, 0.1) is 0 Å². The van der Waals surface area contributed by atoms with Crippen LogP contribution in [0.15, 0.2) is 0 Å². The van der Waals surface area contributed by atoms with Crippen LogP contribution in [0, 0.1) is 10.5 Å². The number of hydrogen-bond acceptors (Lipinski definition) is 3. The predicted molar refractivity (Wildman–Crippen MR) is 26.1 cm³/mol. The van der Waals surface area contributed by atoms with Gasteiger partial charge in [0.25, 0.3) is 0 Å². The lowest BCUT2D eigenvalue weighted by Gasteiger charge is -1.60. The molecule has 38 valence electrons. The lowest BCUT2D eigenvalue weighted by atomic mass is 11.9. The topological polar surface area (TPSA) is 58.0 Å². The van der Waals surface area contributed by atoms with E-state index in [0.29, 0.717) is 0 Å². The van der Waals surface area contributed by atoms with Crippen molar-refractivity contribution >= 4 is 10.8 Å². The molecule has 0 heterocycles. The molecule has 4 heteroatoms. The zero-order valence-electron chi connectivity index (χ0n) is 3.72. The van der Waals surface area contributed by atoms with Crippen molar-refractivity contribution in [3.05, 3.63) is 4.91 Å². The highest BCUT2D eigenvalue weighted by molar-refractivity contribution is 7.83. The lowest BCUT2D eigenvalue weighted by molar-refractivity contribution is 0.690. The Bertz CT molecular complexity index is 42.8. The van der Waals surface area contributed by atoms with Gasteiger partial charge in [-0.05, 0) is 0 Å². The molecule has 6 heavy (non-hydrogen) atoms. The first-order chi connectivity index (χ1) is 2.73. The van der Waals surface area contributed by atoms with Gasteiger partial charge in [-0.15, -0.1) is 0 Å².